The van der Waals surface area contributed by atoms with Crippen molar-refractivity contribution in [2.24, 2.45) is 11.1 Å². The molecule has 0 amide bonds. The predicted molar refractivity (Wildman–Crippen MR) is 68.1 cm³/mol. The summed E-state index contributed by atoms with van der Waals surface area (Å²) in [4.78, 5) is 0.757. The molecule has 4 heteroatoms. The summed E-state index contributed by atoms with van der Waals surface area (Å²) in [6.45, 7) is 0.680. The predicted octanol–water partition coefficient (Wildman–Crippen LogP) is 2.58. The highest BCUT2D eigenvalue weighted by atomic mass is 35.5. The van der Waals surface area contributed by atoms with Crippen LogP contribution in [0, 0.1) is 5.41 Å². The van der Waals surface area contributed by atoms with Crippen LogP contribution in [0.25, 0.3) is 0 Å². The second-order valence-electron chi connectivity index (χ2n) is 4.46. The van der Waals surface area contributed by atoms with E-state index in [1.165, 1.54) is 0 Å². The molecule has 0 aliphatic heterocycles. The molecule has 1 aliphatic carbocycles. The van der Waals surface area contributed by atoms with Gasteiger partial charge in [-0.05, 0) is 43.4 Å². The fourth-order valence-electron chi connectivity index (χ4n) is 1.93. The van der Waals surface area contributed by atoms with Gasteiger partial charge in [-0.2, -0.15) is 0 Å². The molecule has 0 bridgehead atoms. The topological polar surface area (TPSA) is 43.1 Å². The number of halogens is 1. The molecular weight excluding hydrogens is 242 g/mol. The lowest BCUT2D eigenvalue weighted by molar-refractivity contribution is 0.529. The molecule has 1 aliphatic rings. The van der Waals surface area contributed by atoms with E-state index in [1.807, 2.05) is 18.2 Å². The van der Waals surface area contributed by atoms with Gasteiger partial charge in [0.1, 0.15) is 0 Å². The number of hydrogen-bond donors (Lipinski definition) is 1. The lowest BCUT2D eigenvalue weighted by atomic mass is 10.1. The molecule has 1 fully saturated rings. The van der Waals surface area contributed by atoms with Gasteiger partial charge >= 0.3 is 0 Å². The highest BCUT2D eigenvalue weighted by Crippen LogP contribution is 2.49. The third kappa shape index (κ3) is 2.65. The smallest absolute Gasteiger partial charge is 0.0574 e. The summed E-state index contributed by atoms with van der Waals surface area (Å²) in [5.41, 5.74) is 5.81. The molecule has 0 radical (unpaired) electrons. The molecule has 0 saturated heterocycles. The number of hydrogen-bond acceptors (Lipinski definition) is 2. The first-order valence-corrected chi connectivity index (χ1v) is 7.20. The molecule has 0 heterocycles. The van der Waals surface area contributed by atoms with Gasteiger partial charge in [0.25, 0.3) is 0 Å². The van der Waals surface area contributed by atoms with Crippen molar-refractivity contribution >= 4 is 22.4 Å². The quantitative estimate of drug-likeness (QED) is 0.881. The van der Waals surface area contributed by atoms with Crippen molar-refractivity contribution in [1.29, 1.82) is 0 Å². The minimum atomic E-state index is -0.991. The first-order valence-electron chi connectivity index (χ1n) is 5.50. The van der Waals surface area contributed by atoms with Gasteiger partial charge in [-0.3, -0.25) is 4.21 Å². The Morgan fingerprint density at radius 1 is 1.38 bits per heavy atom. The van der Waals surface area contributed by atoms with Gasteiger partial charge in [-0.15, -0.1) is 0 Å². The second-order valence-corrected chi connectivity index (χ2v) is 6.29. The van der Waals surface area contributed by atoms with E-state index in [9.17, 15) is 4.21 Å². The molecule has 1 atom stereocenters. The lowest BCUT2D eigenvalue weighted by Gasteiger charge is -2.13. The van der Waals surface area contributed by atoms with Crippen molar-refractivity contribution < 1.29 is 4.21 Å². The molecule has 0 spiro atoms. The molecule has 1 aromatic rings. The van der Waals surface area contributed by atoms with Crippen LogP contribution in [0.1, 0.15) is 19.3 Å². The van der Waals surface area contributed by atoms with Crippen molar-refractivity contribution in [3.8, 4) is 0 Å². The molecule has 2 rings (SSSR count). The Bertz CT molecular complexity index is 404. The number of benzene rings is 1. The normalized spacial score (nSPS) is 19.4. The Kier molecular flexibility index (Phi) is 3.67. The van der Waals surface area contributed by atoms with Gasteiger partial charge in [-0.25, -0.2) is 0 Å². The molecule has 1 aromatic carbocycles. The van der Waals surface area contributed by atoms with Gasteiger partial charge in [0.05, 0.1) is 20.7 Å². The van der Waals surface area contributed by atoms with E-state index < -0.39 is 10.8 Å². The van der Waals surface area contributed by atoms with Crippen LogP contribution in [0.3, 0.4) is 0 Å². The van der Waals surface area contributed by atoms with Crippen LogP contribution in [-0.4, -0.2) is 16.5 Å². The number of rotatable bonds is 5. The third-order valence-corrected chi connectivity index (χ3v) is 5.31. The summed E-state index contributed by atoms with van der Waals surface area (Å²) in [7, 11) is -0.991. The average Bonchev–Trinajstić information content (AvgIpc) is 2.99. The summed E-state index contributed by atoms with van der Waals surface area (Å²) in [6, 6.07) is 7.37. The fourth-order valence-corrected chi connectivity index (χ4v) is 3.99. The van der Waals surface area contributed by atoms with Gasteiger partial charge in [0.2, 0.25) is 0 Å². The minimum Gasteiger partial charge on any atom is -0.330 e. The summed E-state index contributed by atoms with van der Waals surface area (Å²) in [5, 5.41) is 0.601. The fraction of sp³-hybridized carbons (Fsp3) is 0.500. The Morgan fingerprint density at radius 3 is 2.62 bits per heavy atom. The first kappa shape index (κ1) is 12.1. The van der Waals surface area contributed by atoms with Crippen molar-refractivity contribution in [2.75, 3.05) is 12.3 Å². The standard InChI is InChI=1S/C12H16ClNOS/c13-10-3-1-2-4-11(10)16(15)9-12(5-6-12)7-8-14/h1-4H,5-9,14H2. The van der Waals surface area contributed by atoms with E-state index >= 15 is 0 Å². The molecule has 1 unspecified atom stereocenters. The molecular formula is C12H16ClNOS. The van der Waals surface area contributed by atoms with Crippen LogP contribution < -0.4 is 5.73 Å². The van der Waals surface area contributed by atoms with Crippen LogP contribution in [0.2, 0.25) is 5.02 Å². The molecule has 0 aromatic heterocycles. The Morgan fingerprint density at radius 2 is 2.06 bits per heavy atom. The zero-order chi connectivity index (χ0) is 11.6. The SMILES string of the molecule is NCCC1(CS(=O)c2ccccc2Cl)CC1. The average molecular weight is 258 g/mol. The van der Waals surface area contributed by atoms with E-state index in [1.54, 1.807) is 6.07 Å². The lowest BCUT2D eigenvalue weighted by Crippen LogP contribution is -2.17. The largest absolute Gasteiger partial charge is 0.330 e. The summed E-state index contributed by atoms with van der Waals surface area (Å²) >= 11 is 6.03. The van der Waals surface area contributed by atoms with Crippen LogP contribution in [0.5, 0.6) is 0 Å². The maximum absolute atomic E-state index is 12.2. The zero-order valence-corrected chi connectivity index (χ0v) is 10.7. The zero-order valence-electron chi connectivity index (χ0n) is 9.12. The van der Waals surface area contributed by atoms with Crippen LogP contribution in [0.15, 0.2) is 29.2 Å². The number of nitrogens with two attached hydrogens (primary N) is 1. The monoisotopic (exact) mass is 257 g/mol. The van der Waals surface area contributed by atoms with Crippen LogP contribution in [0.4, 0.5) is 0 Å². The van der Waals surface area contributed by atoms with Crippen molar-refractivity contribution in [1.82, 2.24) is 0 Å². The third-order valence-electron chi connectivity index (χ3n) is 3.15. The summed E-state index contributed by atoms with van der Waals surface area (Å²) in [5.74, 6) is 0.702. The Balaban J connectivity index is 2.07. The molecule has 2 N–H and O–H groups in total. The van der Waals surface area contributed by atoms with Crippen molar-refractivity contribution in [3.05, 3.63) is 29.3 Å². The van der Waals surface area contributed by atoms with E-state index in [-0.39, 0.29) is 5.41 Å². The molecule has 88 valence electrons. The Labute approximate surface area is 104 Å². The van der Waals surface area contributed by atoms with Gasteiger partial charge in [0.15, 0.2) is 0 Å². The van der Waals surface area contributed by atoms with Gasteiger partial charge < -0.3 is 5.73 Å². The van der Waals surface area contributed by atoms with Gasteiger partial charge in [0, 0.05) is 5.75 Å². The van der Waals surface area contributed by atoms with Crippen LogP contribution in [-0.2, 0) is 10.8 Å². The Hall–Kier alpha value is -0.380. The highest BCUT2D eigenvalue weighted by molar-refractivity contribution is 7.85. The first-order chi connectivity index (χ1) is 7.67. The molecule has 1 saturated carbocycles. The van der Waals surface area contributed by atoms with E-state index in [0.29, 0.717) is 17.3 Å². The second kappa shape index (κ2) is 4.86. The van der Waals surface area contributed by atoms with E-state index in [4.69, 9.17) is 17.3 Å². The molecule has 16 heavy (non-hydrogen) atoms. The highest BCUT2D eigenvalue weighted by Gasteiger charge is 2.43. The van der Waals surface area contributed by atoms with Crippen molar-refractivity contribution in [3.63, 3.8) is 0 Å². The van der Waals surface area contributed by atoms with E-state index in [0.717, 1.165) is 24.2 Å². The summed E-state index contributed by atoms with van der Waals surface area (Å²) in [6.07, 6.45) is 3.28. The molecule has 2 nitrogen and oxygen atoms in total. The van der Waals surface area contributed by atoms with Crippen molar-refractivity contribution in [2.45, 2.75) is 24.2 Å². The maximum Gasteiger partial charge on any atom is 0.0574 e. The van der Waals surface area contributed by atoms with E-state index in [2.05, 4.69) is 0 Å². The summed E-state index contributed by atoms with van der Waals surface area (Å²) < 4.78 is 12.2. The van der Waals surface area contributed by atoms with Crippen LogP contribution >= 0.6 is 11.6 Å². The minimum absolute atomic E-state index is 0.235. The van der Waals surface area contributed by atoms with Gasteiger partial charge in [-0.1, -0.05) is 23.7 Å². The maximum atomic E-state index is 12.2.